The van der Waals surface area contributed by atoms with Gasteiger partial charge in [-0.3, -0.25) is 0 Å². The normalized spacial score (nSPS) is 15.2. The minimum Gasteiger partial charge on any atom is -0.307 e. The second-order valence-corrected chi connectivity index (χ2v) is 14.4. The summed E-state index contributed by atoms with van der Waals surface area (Å²) in [5.74, 6) is 1.04. The van der Waals surface area contributed by atoms with Crippen LogP contribution >= 0.6 is 0 Å². The molecule has 3 aromatic heterocycles. The number of hydrogen-bond donors (Lipinski definition) is 0. The molecule has 1 aliphatic rings. The summed E-state index contributed by atoms with van der Waals surface area (Å²) in [5.41, 5.74) is 12.8. The number of pyridine rings is 1. The molecule has 56 heavy (non-hydrogen) atoms. The zero-order valence-corrected chi connectivity index (χ0v) is 30.7. The van der Waals surface area contributed by atoms with Gasteiger partial charge in [-0.15, -0.1) is 0 Å². The van der Waals surface area contributed by atoms with Crippen molar-refractivity contribution in [3.05, 3.63) is 199 Å². The summed E-state index contributed by atoms with van der Waals surface area (Å²) in [7, 11) is 0. The first-order valence-corrected chi connectivity index (χ1v) is 19.0. The number of hydrogen-bond acceptors (Lipinski definition) is 4. The lowest BCUT2D eigenvalue weighted by Gasteiger charge is -2.24. The highest BCUT2D eigenvalue weighted by Crippen LogP contribution is 2.42. The van der Waals surface area contributed by atoms with E-state index in [1.54, 1.807) is 0 Å². The van der Waals surface area contributed by atoms with Gasteiger partial charge in [0, 0.05) is 50.0 Å². The van der Waals surface area contributed by atoms with Crippen LogP contribution < -0.4 is 0 Å². The molecule has 0 fully saturated rings. The quantitative estimate of drug-likeness (QED) is 0.172. The van der Waals surface area contributed by atoms with Gasteiger partial charge in [-0.05, 0) is 53.9 Å². The standard InChI is InChI=1S/C51H35N5/c1-33-29-39(51-54-45(36-14-4-2-5-15-36)31-46(55-51)38-16-12-13-34(30-38)32-52)27-28-41(33)35-23-25-37(26-24-35)49-50-48(42-19-8-10-21-44(42)53-49)43-20-9-11-22-47(43)56(50)40-17-6-3-7-18-40/h2-31,33,41H,1H3. The van der Waals surface area contributed by atoms with Crippen molar-refractivity contribution >= 4 is 38.3 Å². The number of rotatable bonds is 6. The Morgan fingerprint density at radius 2 is 1.29 bits per heavy atom. The molecule has 0 radical (unpaired) electrons. The van der Waals surface area contributed by atoms with Gasteiger partial charge in [0.2, 0.25) is 0 Å². The summed E-state index contributed by atoms with van der Waals surface area (Å²) >= 11 is 0. The van der Waals surface area contributed by atoms with Gasteiger partial charge < -0.3 is 4.57 Å². The van der Waals surface area contributed by atoms with E-state index in [9.17, 15) is 5.26 Å². The van der Waals surface area contributed by atoms with E-state index in [0.29, 0.717) is 11.4 Å². The van der Waals surface area contributed by atoms with Crippen molar-refractivity contribution in [2.75, 3.05) is 0 Å². The molecule has 5 nitrogen and oxygen atoms in total. The molecular formula is C51H35N5. The molecule has 0 saturated carbocycles. The molecule has 9 aromatic rings. The van der Waals surface area contributed by atoms with Crippen molar-refractivity contribution in [2.24, 2.45) is 5.92 Å². The zero-order chi connectivity index (χ0) is 37.6. The number of fused-ring (bicyclic) bond motifs is 5. The first kappa shape index (κ1) is 33.2. The van der Waals surface area contributed by atoms with E-state index in [4.69, 9.17) is 15.0 Å². The van der Waals surface area contributed by atoms with Crippen LogP contribution in [0.15, 0.2) is 182 Å². The van der Waals surface area contributed by atoms with Crippen LogP contribution in [-0.4, -0.2) is 19.5 Å². The molecule has 0 aliphatic heterocycles. The van der Waals surface area contributed by atoms with Crippen LogP contribution in [0.1, 0.15) is 29.8 Å². The highest BCUT2D eigenvalue weighted by molar-refractivity contribution is 6.23. The fraction of sp³-hybridized carbons (Fsp3) is 0.0588. The van der Waals surface area contributed by atoms with Crippen LogP contribution in [-0.2, 0) is 0 Å². The van der Waals surface area contributed by atoms with Gasteiger partial charge in [-0.2, -0.15) is 5.26 Å². The number of para-hydroxylation sites is 3. The third-order valence-corrected chi connectivity index (χ3v) is 10.9. The van der Waals surface area contributed by atoms with Crippen molar-refractivity contribution < 1.29 is 0 Å². The van der Waals surface area contributed by atoms with E-state index in [1.165, 1.54) is 16.3 Å². The lowest BCUT2D eigenvalue weighted by Crippen LogP contribution is -2.10. The third-order valence-electron chi connectivity index (χ3n) is 10.9. The molecule has 2 atom stereocenters. The van der Waals surface area contributed by atoms with Gasteiger partial charge in [-0.1, -0.05) is 146 Å². The molecule has 0 spiro atoms. The molecule has 0 N–H and O–H groups in total. The Balaban J connectivity index is 1.03. The van der Waals surface area contributed by atoms with E-state index >= 15 is 0 Å². The Morgan fingerprint density at radius 1 is 0.607 bits per heavy atom. The summed E-state index contributed by atoms with van der Waals surface area (Å²) < 4.78 is 2.37. The smallest absolute Gasteiger partial charge is 0.160 e. The topological polar surface area (TPSA) is 67.4 Å². The maximum Gasteiger partial charge on any atom is 0.160 e. The Morgan fingerprint density at radius 3 is 2.05 bits per heavy atom. The van der Waals surface area contributed by atoms with Crippen LogP contribution in [0.2, 0.25) is 0 Å². The Labute approximate surface area is 325 Å². The minimum absolute atomic E-state index is 0.178. The van der Waals surface area contributed by atoms with Crippen LogP contribution in [0.3, 0.4) is 0 Å². The van der Waals surface area contributed by atoms with Gasteiger partial charge in [0.1, 0.15) is 0 Å². The fourth-order valence-corrected chi connectivity index (χ4v) is 8.22. The number of aromatic nitrogens is 4. The van der Waals surface area contributed by atoms with E-state index < -0.39 is 0 Å². The SMILES string of the molecule is CC1C=C(c2nc(-c3ccccc3)cc(-c3cccc(C#N)c3)n2)C=CC1c1ccc(-c2nc3ccccc3c3c4ccccc4n(-c4ccccc4)c23)cc1. The molecule has 1 aliphatic carbocycles. The van der Waals surface area contributed by atoms with Gasteiger partial charge in [-0.25, -0.2) is 15.0 Å². The first-order chi connectivity index (χ1) is 27.6. The van der Waals surface area contributed by atoms with Crippen molar-refractivity contribution in [1.82, 2.24) is 19.5 Å². The number of nitrogens with zero attached hydrogens (tertiary/aromatic N) is 5. The summed E-state index contributed by atoms with van der Waals surface area (Å²) in [5, 5.41) is 13.2. The molecule has 264 valence electrons. The lowest BCUT2D eigenvalue weighted by atomic mass is 9.81. The third kappa shape index (κ3) is 5.76. The highest BCUT2D eigenvalue weighted by Gasteiger charge is 2.24. The fourth-order valence-electron chi connectivity index (χ4n) is 8.22. The molecular weight excluding hydrogens is 683 g/mol. The maximum atomic E-state index is 9.58. The summed E-state index contributed by atoms with van der Waals surface area (Å²) in [6, 6.07) is 58.7. The number of allylic oxidation sites excluding steroid dienone is 4. The monoisotopic (exact) mass is 717 g/mol. The molecule has 0 saturated heterocycles. The second-order valence-electron chi connectivity index (χ2n) is 14.4. The predicted octanol–water partition coefficient (Wildman–Crippen LogP) is 12.4. The Bertz CT molecular complexity index is 3040. The summed E-state index contributed by atoms with van der Waals surface area (Å²) in [4.78, 5) is 15.5. The van der Waals surface area contributed by atoms with Crippen molar-refractivity contribution in [2.45, 2.75) is 12.8 Å². The van der Waals surface area contributed by atoms with Crippen molar-refractivity contribution in [1.29, 1.82) is 5.26 Å². The van der Waals surface area contributed by atoms with E-state index in [1.807, 2.05) is 48.5 Å². The van der Waals surface area contributed by atoms with Crippen LogP contribution in [0.25, 0.3) is 77.7 Å². The van der Waals surface area contributed by atoms with Gasteiger partial charge in [0.05, 0.1) is 45.3 Å². The van der Waals surface area contributed by atoms with E-state index in [2.05, 4.69) is 151 Å². The second kappa shape index (κ2) is 13.8. The van der Waals surface area contributed by atoms with Crippen molar-refractivity contribution in [3.8, 4) is 45.5 Å². The summed E-state index contributed by atoms with van der Waals surface area (Å²) in [6.45, 7) is 2.26. The van der Waals surface area contributed by atoms with Gasteiger partial charge in [0.15, 0.2) is 5.82 Å². The van der Waals surface area contributed by atoms with E-state index in [-0.39, 0.29) is 11.8 Å². The maximum absolute atomic E-state index is 9.58. The molecule has 2 unspecified atom stereocenters. The number of nitriles is 1. The summed E-state index contributed by atoms with van der Waals surface area (Å²) in [6.07, 6.45) is 6.72. The van der Waals surface area contributed by atoms with E-state index in [0.717, 1.165) is 67.0 Å². The molecule has 10 rings (SSSR count). The molecule has 0 amide bonds. The molecule has 3 heterocycles. The highest BCUT2D eigenvalue weighted by atomic mass is 15.0. The predicted molar refractivity (Wildman–Crippen MR) is 228 cm³/mol. The van der Waals surface area contributed by atoms with Crippen molar-refractivity contribution in [3.63, 3.8) is 0 Å². The zero-order valence-electron chi connectivity index (χ0n) is 30.7. The molecule has 5 heteroatoms. The van der Waals surface area contributed by atoms with Crippen LogP contribution in [0.5, 0.6) is 0 Å². The average Bonchev–Trinajstić information content (AvgIpc) is 3.62. The lowest BCUT2D eigenvalue weighted by molar-refractivity contribution is 0.637. The van der Waals surface area contributed by atoms with Gasteiger partial charge >= 0.3 is 0 Å². The number of benzene rings is 6. The largest absolute Gasteiger partial charge is 0.307 e. The average molecular weight is 718 g/mol. The minimum atomic E-state index is 0.178. The Kier molecular flexibility index (Phi) is 8.16. The molecule has 6 aromatic carbocycles. The van der Waals surface area contributed by atoms with Crippen LogP contribution in [0, 0.1) is 17.2 Å². The first-order valence-electron chi connectivity index (χ1n) is 19.0. The van der Waals surface area contributed by atoms with Crippen LogP contribution in [0.4, 0.5) is 0 Å². The van der Waals surface area contributed by atoms with Gasteiger partial charge in [0.25, 0.3) is 0 Å². The molecule has 0 bridgehead atoms. The Hall–Kier alpha value is -7.42.